The topological polar surface area (TPSA) is 55.2 Å². The molecular formula is C26H32ClN3O2. The van der Waals surface area contributed by atoms with Crippen molar-refractivity contribution in [2.75, 3.05) is 12.4 Å². The second-order valence-corrected chi connectivity index (χ2v) is 9.28. The molecule has 1 unspecified atom stereocenters. The number of unbranched alkanes of at least 4 members (excludes halogenated alkanes) is 1. The van der Waals surface area contributed by atoms with E-state index in [1.807, 2.05) is 75.1 Å². The molecule has 1 atom stereocenters. The Labute approximate surface area is 195 Å². The minimum Gasteiger partial charge on any atom is -0.332 e. The molecule has 0 saturated heterocycles. The number of alkyl halides is 1. The summed E-state index contributed by atoms with van der Waals surface area (Å²) in [5, 5.41) is 0.553. The first-order valence-corrected chi connectivity index (χ1v) is 11.7. The van der Waals surface area contributed by atoms with Gasteiger partial charge in [0.25, 0.3) is 5.56 Å². The Morgan fingerprint density at radius 3 is 2.56 bits per heavy atom. The van der Waals surface area contributed by atoms with Crippen molar-refractivity contribution in [1.82, 2.24) is 14.5 Å². The number of nitrogens with zero attached hydrogens (tertiary/aromatic N) is 3. The van der Waals surface area contributed by atoms with Gasteiger partial charge in [0.05, 0.1) is 28.0 Å². The monoisotopic (exact) mass is 453 g/mol. The number of aryl methyl sites for hydroxylation is 1. The van der Waals surface area contributed by atoms with Crippen molar-refractivity contribution in [2.24, 2.45) is 5.41 Å². The lowest BCUT2D eigenvalue weighted by Gasteiger charge is -2.35. The highest BCUT2D eigenvalue weighted by Gasteiger charge is 2.35. The fraction of sp³-hybridized carbons (Fsp3) is 0.423. The predicted octanol–water partition coefficient (Wildman–Crippen LogP) is 5.65. The van der Waals surface area contributed by atoms with Gasteiger partial charge in [-0.3, -0.25) is 14.2 Å². The zero-order chi connectivity index (χ0) is 23.5. The molecule has 0 N–H and O–H groups in total. The molecule has 0 radical (unpaired) electrons. The van der Waals surface area contributed by atoms with Gasteiger partial charge in [-0.25, -0.2) is 4.98 Å². The Bertz CT molecular complexity index is 1170. The van der Waals surface area contributed by atoms with E-state index < -0.39 is 11.5 Å². The number of benzene rings is 2. The summed E-state index contributed by atoms with van der Waals surface area (Å²) in [6.07, 6.45) is 1.81. The molecule has 170 valence electrons. The molecule has 1 aromatic heterocycles. The van der Waals surface area contributed by atoms with E-state index in [0.29, 0.717) is 23.3 Å². The van der Waals surface area contributed by atoms with E-state index >= 15 is 0 Å². The Hall–Kier alpha value is -2.66. The van der Waals surface area contributed by atoms with Gasteiger partial charge < -0.3 is 4.90 Å². The van der Waals surface area contributed by atoms with Gasteiger partial charge in [0.1, 0.15) is 5.82 Å². The van der Waals surface area contributed by atoms with E-state index in [1.165, 1.54) is 0 Å². The van der Waals surface area contributed by atoms with E-state index in [2.05, 4.69) is 6.92 Å². The van der Waals surface area contributed by atoms with Gasteiger partial charge in [0.2, 0.25) is 5.91 Å². The number of para-hydroxylation sites is 1. The van der Waals surface area contributed by atoms with E-state index in [1.54, 1.807) is 10.6 Å². The lowest BCUT2D eigenvalue weighted by Crippen LogP contribution is -2.45. The summed E-state index contributed by atoms with van der Waals surface area (Å²) in [6.45, 7) is 10.3. The van der Waals surface area contributed by atoms with Crippen LogP contribution in [-0.2, 0) is 4.79 Å². The lowest BCUT2D eigenvalue weighted by atomic mass is 9.93. The summed E-state index contributed by atoms with van der Waals surface area (Å²) in [5.41, 5.74) is 1.57. The molecule has 0 saturated carbocycles. The van der Waals surface area contributed by atoms with Crippen LogP contribution in [0, 0.1) is 12.3 Å². The van der Waals surface area contributed by atoms with Gasteiger partial charge in [-0.1, -0.05) is 37.6 Å². The molecule has 0 aliphatic rings. The van der Waals surface area contributed by atoms with Crippen LogP contribution in [-0.4, -0.2) is 32.8 Å². The Kier molecular flexibility index (Phi) is 7.40. The fourth-order valence-electron chi connectivity index (χ4n) is 3.83. The molecule has 0 aliphatic carbocycles. The first kappa shape index (κ1) is 24.0. The molecule has 3 aromatic rings. The van der Waals surface area contributed by atoms with Crippen molar-refractivity contribution in [2.45, 2.75) is 53.5 Å². The van der Waals surface area contributed by atoms with Gasteiger partial charge in [-0.15, -0.1) is 11.6 Å². The van der Waals surface area contributed by atoms with Crippen molar-refractivity contribution in [1.29, 1.82) is 0 Å². The zero-order valence-corrected chi connectivity index (χ0v) is 20.3. The van der Waals surface area contributed by atoms with Crippen LogP contribution in [0.15, 0.2) is 53.3 Å². The average molecular weight is 454 g/mol. The Morgan fingerprint density at radius 2 is 1.91 bits per heavy atom. The first-order valence-electron chi connectivity index (χ1n) is 11.2. The highest BCUT2D eigenvalue weighted by atomic mass is 35.5. The third kappa shape index (κ3) is 4.73. The normalized spacial score (nSPS) is 12.7. The molecular weight excluding hydrogens is 422 g/mol. The lowest BCUT2D eigenvalue weighted by molar-refractivity contribution is -0.141. The maximum Gasteiger partial charge on any atom is 0.266 e. The number of hydrogen-bond acceptors (Lipinski definition) is 3. The second kappa shape index (κ2) is 9.86. The quantitative estimate of drug-likeness (QED) is 0.414. The van der Waals surface area contributed by atoms with Gasteiger partial charge in [-0.05, 0) is 63.9 Å². The van der Waals surface area contributed by atoms with Gasteiger partial charge >= 0.3 is 0 Å². The van der Waals surface area contributed by atoms with Crippen LogP contribution in [0.4, 0.5) is 0 Å². The van der Waals surface area contributed by atoms with E-state index in [4.69, 9.17) is 16.6 Å². The third-order valence-electron chi connectivity index (χ3n) is 5.83. The highest BCUT2D eigenvalue weighted by molar-refractivity contribution is 6.19. The van der Waals surface area contributed by atoms with E-state index in [-0.39, 0.29) is 17.3 Å². The minimum absolute atomic E-state index is 0.0355. The molecule has 3 rings (SSSR count). The van der Waals surface area contributed by atoms with Crippen molar-refractivity contribution < 1.29 is 4.79 Å². The summed E-state index contributed by atoms with van der Waals surface area (Å²) in [5.74, 6) is 0.734. The summed E-state index contributed by atoms with van der Waals surface area (Å²) in [6, 6.07) is 14.7. The zero-order valence-electron chi connectivity index (χ0n) is 19.6. The number of aromatic nitrogens is 2. The summed E-state index contributed by atoms with van der Waals surface area (Å²) in [7, 11) is 0. The molecule has 0 fully saturated rings. The smallest absolute Gasteiger partial charge is 0.266 e. The van der Waals surface area contributed by atoms with E-state index in [0.717, 1.165) is 24.1 Å². The number of hydrogen-bond donors (Lipinski definition) is 0. The van der Waals surface area contributed by atoms with Crippen LogP contribution in [0.3, 0.4) is 0 Å². The molecule has 32 heavy (non-hydrogen) atoms. The van der Waals surface area contributed by atoms with Crippen molar-refractivity contribution in [3.63, 3.8) is 0 Å². The largest absolute Gasteiger partial charge is 0.332 e. The number of halogens is 1. The molecule has 6 heteroatoms. The highest BCUT2D eigenvalue weighted by Crippen LogP contribution is 2.29. The Morgan fingerprint density at radius 1 is 1.19 bits per heavy atom. The minimum atomic E-state index is -0.713. The van der Waals surface area contributed by atoms with Gasteiger partial charge in [0.15, 0.2) is 0 Å². The van der Waals surface area contributed by atoms with Crippen molar-refractivity contribution in [3.05, 3.63) is 70.3 Å². The van der Waals surface area contributed by atoms with E-state index in [9.17, 15) is 9.59 Å². The summed E-state index contributed by atoms with van der Waals surface area (Å²) >= 11 is 6.15. The molecule has 0 aliphatic heterocycles. The number of carbonyl (C=O) groups is 1. The van der Waals surface area contributed by atoms with Crippen molar-refractivity contribution in [3.8, 4) is 5.69 Å². The second-order valence-electron chi connectivity index (χ2n) is 9.01. The Balaban J connectivity index is 2.25. The van der Waals surface area contributed by atoms with Gasteiger partial charge in [-0.2, -0.15) is 0 Å². The molecule has 2 aromatic carbocycles. The average Bonchev–Trinajstić information content (AvgIpc) is 2.78. The summed E-state index contributed by atoms with van der Waals surface area (Å²) < 4.78 is 1.65. The molecule has 0 spiro atoms. The number of fused-ring (bicyclic) bond motifs is 1. The molecule has 1 heterocycles. The standard InChI is InChI=1S/C26H32ClN3O2/c1-6-7-15-29(25(32)26(4,5)17-27)19(3)23-28-22-14-9-8-13-21(22)24(31)30(23)20-12-10-11-18(2)16-20/h8-14,16,19H,6-7,15,17H2,1-5H3. The number of amides is 1. The SMILES string of the molecule is CCCCN(C(=O)C(C)(C)CCl)C(C)c1nc2ccccc2c(=O)n1-c1cccc(C)c1. The number of carbonyl (C=O) groups excluding carboxylic acids is 1. The molecule has 5 nitrogen and oxygen atoms in total. The van der Waals surface area contributed by atoms with Crippen LogP contribution >= 0.6 is 11.6 Å². The molecule has 1 amide bonds. The fourth-order valence-corrected chi connectivity index (χ4v) is 3.95. The maximum absolute atomic E-state index is 13.6. The van der Waals surface area contributed by atoms with Crippen LogP contribution < -0.4 is 5.56 Å². The van der Waals surface area contributed by atoms with Gasteiger partial charge in [0, 0.05) is 12.4 Å². The van der Waals surface area contributed by atoms with Crippen LogP contribution in [0.2, 0.25) is 0 Å². The van der Waals surface area contributed by atoms with Crippen LogP contribution in [0.1, 0.15) is 58.0 Å². The first-order chi connectivity index (χ1) is 15.2. The van der Waals surface area contributed by atoms with Crippen LogP contribution in [0.5, 0.6) is 0 Å². The predicted molar refractivity (Wildman–Crippen MR) is 132 cm³/mol. The maximum atomic E-state index is 13.6. The number of rotatable bonds is 8. The summed E-state index contributed by atoms with van der Waals surface area (Å²) in [4.78, 5) is 33.8. The van der Waals surface area contributed by atoms with Crippen molar-refractivity contribution >= 4 is 28.4 Å². The third-order valence-corrected chi connectivity index (χ3v) is 6.50. The van der Waals surface area contributed by atoms with Crippen LogP contribution in [0.25, 0.3) is 16.6 Å². The molecule has 0 bridgehead atoms.